The van der Waals surface area contributed by atoms with Crippen molar-refractivity contribution in [2.75, 3.05) is 26.2 Å². The van der Waals surface area contributed by atoms with Gasteiger partial charge in [-0.25, -0.2) is 0 Å². The molecule has 1 aromatic carbocycles. The maximum atomic E-state index is 13.9. The lowest BCUT2D eigenvalue weighted by molar-refractivity contribution is -0.401. The van der Waals surface area contributed by atoms with Gasteiger partial charge in [0.1, 0.15) is 0 Å². The minimum atomic E-state index is -0.631. The first kappa shape index (κ1) is 19.7. The molecule has 0 atom stereocenters. The molecular formula is C21H29N3O3. The van der Waals surface area contributed by atoms with Gasteiger partial charge in [-0.3, -0.25) is 19.8 Å². The Hall–Kier alpha value is -2.05. The molecule has 0 aliphatic carbocycles. The van der Waals surface area contributed by atoms with Crippen molar-refractivity contribution in [3.8, 4) is 0 Å². The molecule has 0 spiro atoms. The van der Waals surface area contributed by atoms with E-state index in [9.17, 15) is 14.9 Å². The number of nitrogens with zero attached hydrogens (tertiary/aromatic N) is 2. The van der Waals surface area contributed by atoms with E-state index < -0.39 is 10.5 Å². The third kappa shape index (κ3) is 3.96. The fourth-order valence-electron chi connectivity index (χ4n) is 4.52. The zero-order valence-corrected chi connectivity index (χ0v) is 16.2. The maximum Gasteiger partial charge on any atom is 0.245 e. The van der Waals surface area contributed by atoms with E-state index in [1.807, 2.05) is 38.1 Å². The van der Waals surface area contributed by atoms with Crippen LogP contribution in [-0.2, 0) is 4.79 Å². The predicted octanol–water partition coefficient (Wildman–Crippen LogP) is 3.21. The van der Waals surface area contributed by atoms with Crippen molar-refractivity contribution >= 4 is 11.4 Å². The Morgan fingerprint density at radius 3 is 2.44 bits per heavy atom. The van der Waals surface area contributed by atoms with Crippen molar-refractivity contribution < 1.29 is 9.72 Å². The summed E-state index contributed by atoms with van der Waals surface area (Å²) in [6.45, 7) is 7.41. The van der Waals surface area contributed by atoms with Crippen molar-refractivity contribution in [2.24, 2.45) is 0 Å². The van der Waals surface area contributed by atoms with Gasteiger partial charge in [-0.2, -0.15) is 0 Å². The zero-order valence-electron chi connectivity index (χ0n) is 16.2. The third-order valence-corrected chi connectivity index (χ3v) is 5.92. The molecule has 2 aliphatic rings. The van der Waals surface area contributed by atoms with E-state index >= 15 is 0 Å². The number of hydrogen-bond donors (Lipinski definition) is 1. The molecule has 0 bridgehead atoms. The van der Waals surface area contributed by atoms with Crippen LogP contribution in [0.4, 0.5) is 0 Å². The summed E-state index contributed by atoms with van der Waals surface area (Å²) in [6, 6.07) is 7.59. The molecule has 2 saturated heterocycles. The Morgan fingerprint density at radius 2 is 1.85 bits per heavy atom. The van der Waals surface area contributed by atoms with Crippen LogP contribution in [0.3, 0.4) is 0 Å². The summed E-state index contributed by atoms with van der Waals surface area (Å²) in [6.07, 6.45) is 4.50. The fraction of sp³-hybridized carbons (Fsp3) is 0.571. The highest BCUT2D eigenvalue weighted by Gasteiger charge is 2.47. The highest BCUT2D eigenvalue weighted by Crippen LogP contribution is 2.37. The topological polar surface area (TPSA) is 75.5 Å². The van der Waals surface area contributed by atoms with Gasteiger partial charge >= 0.3 is 0 Å². The van der Waals surface area contributed by atoms with Gasteiger partial charge in [0.05, 0.1) is 16.0 Å². The van der Waals surface area contributed by atoms with Crippen LogP contribution >= 0.6 is 0 Å². The molecule has 1 aromatic rings. The van der Waals surface area contributed by atoms with Gasteiger partial charge in [0.15, 0.2) is 5.78 Å². The second-order valence-corrected chi connectivity index (χ2v) is 7.87. The molecule has 2 heterocycles. The molecule has 0 unspecified atom stereocenters. The predicted molar refractivity (Wildman–Crippen MR) is 106 cm³/mol. The normalized spacial score (nSPS) is 20.8. The standard InChI is InChI=1S/C21H29N3O3/c1-16(2)17-7-3-4-8-18(17)19(15-24(26)27)20(25)21(9-11-22-12-10-21)23-13-5-6-14-23/h3-4,7-8,15-16,22H,5-6,9-14H2,1-2H3/b19-15+. The van der Waals surface area contributed by atoms with E-state index in [-0.39, 0.29) is 17.3 Å². The highest BCUT2D eigenvalue weighted by atomic mass is 16.6. The molecule has 0 amide bonds. The number of hydrogen-bond acceptors (Lipinski definition) is 5. The fourth-order valence-corrected chi connectivity index (χ4v) is 4.52. The number of nitro groups is 1. The molecule has 0 aromatic heterocycles. The monoisotopic (exact) mass is 371 g/mol. The summed E-state index contributed by atoms with van der Waals surface area (Å²) in [5.41, 5.74) is 1.29. The van der Waals surface area contributed by atoms with Crippen LogP contribution in [-0.4, -0.2) is 47.3 Å². The number of likely N-dealkylation sites (tertiary alicyclic amines) is 1. The molecule has 0 radical (unpaired) electrons. The first-order chi connectivity index (χ1) is 13.0. The van der Waals surface area contributed by atoms with E-state index in [0.717, 1.165) is 50.8 Å². The lowest BCUT2D eigenvalue weighted by Gasteiger charge is -2.43. The van der Waals surface area contributed by atoms with Crippen LogP contribution in [0, 0.1) is 10.1 Å². The SMILES string of the molecule is CC(C)c1ccccc1/C(=C\[N+](=O)[O-])C(=O)C1(N2CCCC2)CCNCC1. The van der Waals surface area contributed by atoms with Crippen molar-refractivity contribution in [3.05, 3.63) is 51.7 Å². The summed E-state index contributed by atoms with van der Waals surface area (Å²) >= 11 is 0. The number of carbonyl (C=O) groups excluding carboxylic acids is 1. The van der Waals surface area contributed by atoms with Crippen LogP contribution in [0.2, 0.25) is 0 Å². The molecule has 2 fully saturated rings. The van der Waals surface area contributed by atoms with Crippen LogP contribution in [0.15, 0.2) is 30.5 Å². The number of Topliss-reactive ketones (excluding diaryl/α,β-unsaturated/α-hetero) is 1. The lowest BCUT2D eigenvalue weighted by atomic mass is 9.77. The van der Waals surface area contributed by atoms with Gasteiger partial charge in [0.2, 0.25) is 6.20 Å². The molecule has 2 aliphatic heterocycles. The largest absolute Gasteiger partial charge is 0.317 e. The van der Waals surface area contributed by atoms with E-state index in [1.165, 1.54) is 0 Å². The highest BCUT2D eigenvalue weighted by molar-refractivity contribution is 6.25. The number of rotatable bonds is 6. The summed E-state index contributed by atoms with van der Waals surface area (Å²) < 4.78 is 0. The van der Waals surface area contributed by atoms with Crippen molar-refractivity contribution in [1.82, 2.24) is 10.2 Å². The molecule has 3 rings (SSSR count). The summed E-state index contributed by atoms with van der Waals surface area (Å²) in [4.78, 5) is 27.1. The van der Waals surface area contributed by atoms with E-state index in [1.54, 1.807) is 0 Å². The Balaban J connectivity index is 2.09. The van der Waals surface area contributed by atoms with Crippen LogP contribution < -0.4 is 5.32 Å². The van der Waals surface area contributed by atoms with Crippen LogP contribution in [0.1, 0.15) is 56.6 Å². The smallest absolute Gasteiger partial charge is 0.245 e. The minimum absolute atomic E-state index is 0.0873. The third-order valence-electron chi connectivity index (χ3n) is 5.92. The Bertz CT molecular complexity index is 730. The van der Waals surface area contributed by atoms with Crippen LogP contribution in [0.25, 0.3) is 5.57 Å². The summed E-state index contributed by atoms with van der Waals surface area (Å²) in [5.74, 6) is 0.0932. The second kappa shape index (κ2) is 8.31. The second-order valence-electron chi connectivity index (χ2n) is 7.87. The van der Waals surface area contributed by atoms with Gasteiger partial charge < -0.3 is 5.32 Å². The lowest BCUT2D eigenvalue weighted by Crippen LogP contribution is -2.59. The minimum Gasteiger partial charge on any atom is -0.317 e. The average molecular weight is 371 g/mol. The number of carbonyl (C=O) groups is 1. The van der Waals surface area contributed by atoms with Gasteiger partial charge in [-0.05, 0) is 68.9 Å². The van der Waals surface area contributed by atoms with E-state index in [2.05, 4.69) is 10.2 Å². The van der Waals surface area contributed by atoms with E-state index in [4.69, 9.17) is 0 Å². The van der Waals surface area contributed by atoms with Crippen molar-refractivity contribution in [3.63, 3.8) is 0 Å². The van der Waals surface area contributed by atoms with Crippen LogP contribution in [0.5, 0.6) is 0 Å². The van der Waals surface area contributed by atoms with Gasteiger partial charge in [0.25, 0.3) is 0 Å². The molecule has 6 nitrogen and oxygen atoms in total. The molecule has 1 N–H and O–H groups in total. The molecule has 0 saturated carbocycles. The first-order valence-electron chi connectivity index (χ1n) is 9.91. The number of nitrogens with one attached hydrogen (secondary N) is 1. The summed E-state index contributed by atoms with van der Waals surface area (Å²) in [7, 11) is 0. The Morgan fingerprint density at radius 1 is 1.22 bits per heavy atom. The molecule has 6 heteroatoms. The molecular weight excluding hydrogens is 342 g/mol. The maximum absolute atomic E-state index is 13.9. The Kier molecular flexibility index (Phi) is 6.07. The van der Waals surface area contributed by atoms with Gasteiger partial charge in [-0.1, -0.05) is 38.1 Å². The molecule has 146 valence electrons. The first-order valence-corrected chi connectivity index (χ1v) is 9.91. The van der Waals surface area contributed by atoms with Gasteiger partial charge in [0, 0.05) is 0 Å². The Labute approximate surface area is 160 Å². The number of ketones is 1. The number of piperidine rings is 1. The zero-order chi connectivity index (χ0) is 19.4. The molecule has 27 heavy (non-hydrogen) atoms. The number of benzene rings is 1. The summed E-state index contributed by atoms with van der Waals surface area (Å²) in [5, 5.41) is 14.8. The van der Waals surface area contributed by atoms with Crippen molar-refractivity contribution in [1.29, 1.82) is 0 Å². The van der Waals surface area contributed by atoms with E-state index in [0.29, 0.717) is 18.4 Å². The average Bonchev–Trinajstić information content (AvgIpc) is 3.21. The van der Waals surface area contributed by atoms with Crippen molar-refractivity contribution in [2.45, 2.75) is 51.0 Å². The van der Waals surface area contributed by atoms with Gasteiger partial charge in [-0.15, -0.1) is 0 Å². The quantitative estimate of drug-likeness (QED) is 0.472.